The van der Waals surface area contributed by atoms with Gasteiger partial charge in [-0.1, -0.05) is 23.7 Å². The number of aromatic amines is 1. The number of nitrogens with one attached hydrogen (secondary N) is 2. The van der Waals surface area contributed by atoms with E-state index in [9.17, 15) is 4.79 Å². The standard InChI is InChI=1S/C24H22ClN5O3/c25-17-6-3-15(4-7-17)22-24(33-18-13-32-14-18)30-19-8-5-16(12-20(19)29-22)23(31)28-9-1-2-21-26-10-11-27-21/h3-8,10-12,18H,1-2,9,13-14H2,(H,26,27)(H,28,31). The van der Waals surface area contributed by atoms with Crippen molar-refractivity contribution in [1.82, 2.24) is 25.3 Å². The second-order valence-corrected chi connectivity index (χ2v) is 8.20. The normalized spacial score (nSPS) is 13.6. The molecule has 1 amide bonds. The third kappa shape index (κ3) is 4.97. The summed E-state index contributed by atoms with van der Waals surface area (Å²) in [6, 6.07) is 12.6. The van der Waals surface area contributed by atoms with Gasteiger partial charge in [-0.2, -0.15) is 0 Å². The molecule has 2 aromatic heterocycles. The number of hydrogen-bond acceptors (Lipinski definition) is 6. The van der Waals surface area contributed by atoms with Gasteiger partial charge < -0.3 is 19.8 Å². The average molecular weight is 464 g/mol. The molecule has 0 bridgehead atoms. The zero-order valence-corrected chi connectivity index (χ0v) is 18.5. The minimum atomic E-state index is -0.155. The lowest BCUT2D eigenvalue weighted by Gasteiger charge is -2.27. The summed E-state index contributed by atoms with van der Waals surface area (Å²) in [5.41, 5.74) is 3.22. The molecule has 8 nitrogen and oxygen atoms in total. The fourth-order valence-corrected chi connectivity index (χ4v) is 3.62. The van der Waals surface area contributed by atoms with Crippen molar-refractivity contribution in [1.29, 1.82) is 0 Å². The fraction of sp³-hybridized carbons (Fsp3) is 0.250. The maximum absolute atomic E-state index is 12.7. The Balaban J connectivity index is 1.37. The first-order valence-electron chi connectivity index (χ1n) is 10.7. The van der Waals surface area contributed by atoms with Crippen molar-refractivity contribution in [3.8, 4) is 17.1 Å². The Morgan fingerprint density at radius 3 is 2.73 bits per heavy atom. The molecule has 0 spiro atoms. The molecule has 1 fully saturated rings. The van der Waals surface area contributed by atoms with Crippen molar-refractivity contribution in [2.24, 2.45) is 0 Å². The molecule has 0 saturated carbocycles. The van der Waals surface area contributed by atoms with E-state index >= 15 is 0 Å². The number of rotatable bonds is 8. The smallest absolute Gasteiger partial charge is 0.251 e. The first kappa shape index (κ1) is 21.4. The van der Waals surface area contributed by atoms with Crippen LogP contribution in [-0.2, 0) is 11.2 Å². The zero-order chi connectivity index (χ0) is 22.6. The molecule has 33 heavy (non-hydrogen) atoms. The summed E-state index contributed by atoms with van der Waals surface area (Å²) in [7, 11) is 0. The predicted molar refractivity (Wildman–Crippen MR) is 124 cm³/mol. The highest BCUT2D eigenvalue weighted by molar-refractivity contribution is 6.30. The van der Waals surface area contributed by atoms with Gasteiger partial charge in [0.1, 0.15) is 17.6 Å². The van der Waals surface area contributed by atoms with Crippen molar-refractivity contribution in [2.45, 2.75) is 18.9 Å². The number of ether oxygens (including phenoxy) is 2. The van der Waals surface area contributed by atoms with Crippen LogP contribution in [0.4, 0.5) is 0 Å². The number of nitrogens with zero attached hydrogens (tertiary/aromatic N) is 3. The van der Waals surface area contributed by atoms with E-state index in [1.54, 1.807) is 42.7 Å². The Morgan fingerprint density at radius 2 is 2.00 bits per heavy atom. The SMILES string of the molecule is O=C(NCCCc1ncc[nH]1)c1ccc2nc(OC3COC3)c(-c3ccc(Cl)cc3)nc2c1. The maximum Gasteiger partial charge on any atom is 0.251 e. The van der Waals surface area contributed by atoms with Crippen LogP contribution in [0.25, 0.3) is 22.3 Å². The molecule has 2 aromatic carbocycles. The van der Waals surface area contributed by atoms with Gasteiger partial charge in [0, 0.05) is 41.5 Å². The maximum atomic E-state index is 12.7. The van der Waals surface area contributed by atoms with Crippen molar-refractivity contribution in [3.05, 3.63) is 71.3 Å². The van der Waals surface area contributed by atoms with E-state index in [0.717, 1.165) is 24.2 Å². The third-order valence-electron chi connectivity index (χ3n) is 5.33. The summed E-state index contributed by atoms with van der Waals surface area (Å²) in [5.74, 6) is 1.19. The lowest BCUT2D eigenvalue weighted by Crippen LogP contribution is -2.39. The lowest BCUT2D eigenvalue weighted by atomic mass is 10.1. The number of amides is 1. The highest BCUT2D eigenvalue weighted by Crippen LogP contribution is 2.31. The fourth-order valence-electron chi connectivity index (χ4n) is 3.49. The lowest BCUT2D eigenvalue weighted by molar-refractivity contribution is -0.0810. The number of hydrogen-bond donors (Lipinski definition) is 2. The Bertz CT molecular complexity index is 1260. The van der Waals surface area contributed by atoms with Gasteiger partial charge in [-0.25, -0.2) is 15.0 Å². The van der Waals surface area contributed by atoms with Crippen LogP contribution in [0.1, 0.15) is 22.6 Å². The zero-order valence-electron chi connectivity index (χ0n) is 17.8. The number of benzene rings is 2. The van der Waals surface area contributed by atoms with Crippen LogP contribution < -0.4 is 10.1 Å². The molecule has 9 heteroatoms. The van der Waals surface area contributed by atoms with E-state index in [-0.39, 0.29) is 12.0 Å². The van der Waals surface area contributed by atoms with Crippen molar-refractivity contribution in [2.75, 3.05) is 19.8 Å². The number of carbonyl (C=O) groups excluding carboxylic acids is 1. The summed E-state index contributed by atoms with van der Waals surface area (Å²) < 4.78 is 11.2. The molecule has 0 radical (unpaired) electrons. The number of carbonyl (C=O) groups is 1. The molecule has 1 aliphatic rings. The minimum absolute atomic E-state index is 0.0472. The highest BCUT2D eigenvalue weighted by atomic mass is 35.5. The van der Waals surface area contributed by atoms with Gasteiger partial charge in [0.2, 0.25) is 5.88 Å². The Kier molecular flexibility index (Phi) is 6.19. The van der Waals surface area contributed by atoms with Crippen LogP contribution in [0.15, 0.2) is 54.9 Å². The van der Waals surface area contributed by atoms with Gasteiger partial charge in [-0.3, -0.25) is 4.79 Å². The summed E-state index contributed by atoms with van der Waals surface area (Å²) in [5, 5.41) is 3.58. The van der Waals surface area contributed by atoms with Crippen molar-refractivity contribution < 1.29 is 14.3 Å². The van der Waals surface area contributed by atoms with E-state index in [1.807, 2.05) is 12.1 Å². The first-order valence-corrected chi connectivity index (χ1v) is 11.1. The van der Waals surface area contributed by atoms with Gasteiger partial charge in [-0.05, 0) is 36.8 Å². The number of aromatic nitrogens is 4. The number of H-pyrrole nitrogens is 1. The van der Waals surface area contributed by atoms with E-state index in [4.69, 9.17) is 26.1 Å². The molecule has 0 unspecified atom stereocenters. The van der Waals surface area contributed by atoms with Gasteiger partial charge in [0.15, 0.2) is 0 Å². The Hall–Kier alpha value is -3.49. The Morgan fingerprint density at radius 1 is 1.15 bits per heavy atom. The largest absolute Gasteiger partial charge is 0.468 e. The van der Waals surface area contributed by atoms with Crippen molar-refractivity contribution >= 4 is 28.5 Å². The quantitative estimate of drug-likeness (QED) is 0.385. The van der Waals surface area contributed by atoms with Gasteiger partial charge in [0.25, 0.3) is 5.91 Å². The van der Waals surface area contributed by atoms with Crippen LogP contribution in [0, 0.1) is 0 Å². The van der Waals surface area contributed by atoms with E-state index < -0.39 is 0 Å². The summed E-state index contributed by atoms with van der Waals surface area (Å²) in [6.07, 6.45) is 5.03. The van der Waals surface area contributed by atoms with Crippen LogP contribution in [0.5, 0.6) is 5.88 Å². The third-order valence-corrected chi connectivity index (χ3v) is 5.58. The highest BCUT2D eigenvalue weighted by Gasteiger charge is 2.24. The molecule has 5 rings (SSSR count). The topological polar surface area (TPSA) is 102 Å². The second kappa shape index (κ2) is 9.56. The van der Waals surface area contributed by atoms with Gasteiger partial charge in [-0.15, -0.1) is 0 Å². The van der Waals surface area contributed by atoms with Gasteiger partial charge >= 0.3 is 0 Å². The number of fused-ring (bicyclic) bond motifs is 1. The van der Waals surface area contributed by atoms with Crippen LogP contribution in [-0.4, -0.2) is 51.7 Å². The first-order chi connectivity index (χ1) is 16.2. The summed E-state index contributed by atoms with van der Waals surface area (Å²) >= 11 is 6.05. The number of imidazole rings is 1. The molecule has 1 aliphatic heterocycles. The van der Waals surface area contributed by atoms with Crippen LogP contribution >= 0.6 is 11.6 Å². The molecule has 0 aliphatic carbocycles. The van der Waals surface area contributed by atoms with E-state index in [1.165, 1.54) is 0 Å². The molecular weight excluding hydrogens is 442 g/mol. The Labute approximate surface area is 195 Å². The van der Waals surface area contributed by atoms with E-state index in [2.05, 4.69) is 20.3 Å². The van der Waals surface area contributed by atoms with Crippen molar-refractivity contribution in [3.63, 3.8) is 0 Å². The molecule has 168 valence electrons. The number of aryl methyl sites for hydroxylation is 1. The summed E-state index contributed by atoms with van der Waals surface area (Å²) in [4.78, 5) is 29.4. The van der Waals surface area contributed by atoms with Crippen LogP contribution in [0.3, 0.4) is 0 Å². The molecule has 3 heterocycles. The monoisotopic (exact) mass is 463 g/mol. The molecular formula is C24H22ClN5O3. The minimum Gasteiger partial charge on any atom is -0.468 e. The van der Waals surface area contributed by atoms with Gasteiger partial charge in [0.05, 0.1) is 24.2 Å². The second-order valence-electron chi connectivity index (χ2n) is 7.76. The molecule has 1 saturated heterocycles. The molecule has 4 aromatic rings. The molecule has 0 atom stereocenters. The van der Waals surface area contributed by atoms with Crippen LogP contribution in [0.2, 0.25) is 5.02 Å². The van der Waals surface area contributed by atoms with E-state index in [0.29, 0.717) is 53.0 Å². The average Bonchev–Trinajstić information content (AvgIpc) is 3.32. The summed E-state index contributed by atoms with van der Waals surface area (Å²) in [6.45, 7) is 1.60. The predicted octanol–water partition coefficient (Wildman–Crippen LogP) is 3.81. The number of halogens is 1. The molecule has 2 N–H and O–H groups in total.